The maximum absolute atomic E-state index is 10.3. The van der Waals surface area contributed by atoms with Crippen LogP contribution in [0.2, 0.25) is 0 Å². The Hall–Kier alpha value is -0.480. The minimum Gasteiger partial charge on any atom is -0.395 e. The molecule has 26 heavy (non-hydrogen) atoms. The normalized spacial score (nSPS) is 47.1. The zero-order valence-electron chi connectivity index (χ0n) is 13.9. The average Bonchev–Trinajstić information content (AvgIpc) is 2.64. The Bertz CT molecular complexity index is 426. The van der Waals surface area contributed by atoms with Crippen molar-refractivity contribution < 1.29 is 55.1 Å². The smallest absolute Gasteiger partial charge is 0.187 e. The van der Waals surface area contributed by atoms with Gasteiger partial charge in [-0.1, -0.05) is 0 Å². The van der Waals surface area contributed by atoms with Gasteiger partial charge in [-0.25, -0.2) is 0 Å². The summed E-state index contributed by atoms with van der Waals surface area (Å²) in [7, 11) is 0. The lowest BCUT2D eigenvalue weighted by Crippen LogP contribution is -2.66. The molecule has 2 aliphatic rings. The van der Waals surface area contributed by atoms with Crippen molar-refractivity contribution in [2.45, 2.75) is 61.3 Å². The van der Waals surface area contributed by atoms with Gasteiger partial charge in [-0.3, -0.25) is 5.32 Å². The Kier molecular flexibility index (Phi) is 8.08. The summed E-state index contributed by atoms with van der Waals surface area (Å²) in [6.45, 7) is -1.43. The third-order valence-electron chi connectivity index (χ3n) is 4.46. The molecule has 0 aromatic rings. The van der Waals surface area contributed by atoms with Crippen LogP contribution in [-0.2, 0) is 14.2 Å². The maximum atomic E-state index is 10.3. The van der Waals surface area contributed by atoms with Crippen molar-refractivity contribution in [1.29, 1.82) is 0 Å². The van der Waals surface area contributed by atoms with E-state index in [4.69, 9.17) is 19.3 Å². The van der Waals surface area contributed by atoms with Crippen molar-refractivity contribution in [3.63, 3.8) is 0 Å². The molecule has 0 radical (unpaired) electrons. The van der Waals surface area contributed by atoms with Gasteiger partial charge in [0.05, 0.1) is 19.8 Å². The van der Waals surface area contributed by atoms with Crippen LogP contribution in [0.1, 0.15) is 0 Å². The highest BCUT2D eigenvalue weighted by Crippen LogP contribution is 2.28. The quantitative estimate of drug-likeness (QED) is 0.201. The first kappa shape index (κ1) is 21.8. The summed E-state index contributed by atoms with van der Waals surface area (Å²) < 4.78 is 16.0. The molecule has 12 nitrogen and oxygen atoms in total. The molecule has 0 aliphatic carbocycles. The van der Waals surface area contributed by atoms with Gasteiger partial charge in [0.1, 0.15) is 55.1 Å². The Labute approximate surface area is 149 Å². The summed E-state index contributed by atoms with van der Waals surface area (Å²) in [6.07, 6.45) is -14.3. The molecule has 0 aromatic heterocycles. The molecule has 9 N–H and O–H groups in total. The molecule has 2 rings (SSSR count). The third-order valence-corrected chi connectivity index (χ3v) is 4.46. The fourth-order valence-corrected chi connectivity index (χ4v) is 2.96. The molecule has 2 aliphatic heterocycles. The monoisotopic (exact) mass is 385 g/mol. The van der Waals surface area contributed by atoms with Crippen molar-refractivity contribution in [1.82, 2.24) is 5.32 Å². The van der Waals surface area contributed by atoms with E-state index in [2.05, 4.69) is 5.32 Å². The second-order valence-electron chi connectivity index (χ2n) is 6.23. The van der Waals surface area contributed by atoms with Gasteiger partial charge in [0.2, 0.25) is 0 Å². The molecule has 0 saturated carbocycles. The summed E-state index contributed by atoms with van der Waals surface area (Å²) in [4.78, 5) is 0. The minimum absolute atomic E-state index is 0.0742. The van der Waals surface area contributed by atoms with Gasteiger partial charge in [0, 0.05) is 6.54 Å². The second-order valence-corrected chi connectivity index (χ2v) is 6.23. The van der Waals surface area contributed by atoms with Crippen LogP contribution in [0.4, 0.5) is 0 Å². The van der Waals surface area contributed by atoms with Crippen LogP contribution in [0.15, 0.2) is 0 Å². The topological polar surface area (TPSA) is 202 Å². The number of aliphatic hydroxyl groups excluding tert-OH is 8. The lowest BCUT2D eigenvalue weighted by molar-refractivity contribution is -0.343. The largest absolute Gasteiger partial charge is 0.395 e. The highest BCUT2D eigenvalue weighted by atomic mass is 16.7. The first-order valence-electron chi connectivity index (χ1n) is 8.28. The minimum atomic E-state index is -1.71. The van der Waals surface area contributed by atoms with E-state index in [-0.39, 0.29) is 13.2 Å². The zero-order valence-corrected chi connectivity index (χ0v) is 13.9. The molecular formula is C14H27NO11. The van der Waals surface area contributed by atoms with Crippen LogP contribution in [0.25, 0.3) is 0 Å². The summed E-state index contributed by atoms with van der Waals surface area (Å²) in [5.41, 5.74) is 0. The second kappa shape index (κ2) is 9.64. The van der Waals surface area contributed by atoms with Gasteiger partial charge >= 0.3 is 0 Å². The number of rotatable bonds is 7. The first-order valence-corrected chi connectivity index (χ1v) is 8.28. The number of hydrogen-bond donors (Lipinski definition) is 9. The van der Waals surface area contributed by atoms with Crippen molar-refractivity contribution in [2.24, 2.45) is 0 Å². The van der Waals surface area contributed by atoms with Crippen molar-refractivity contribution in [3.8, 4) is 0 Å². The van der Waals surface area contributed by atoms with E-state index in [0.29, 0.717) is 0 Å². The molecular weight excluding hydrogens is 358 g/mol. The number of hydrogen-bond acceptors (Lipinski definition) is 12. The van der Waals surface area contributed by atoms with Gasteiger partial charge in [0.25, 0.3) is 0 Å². The van der Waals surface area contributed by atoms with Gasteiger partial charge < -0.3 is 55.1 Å². The molecule has 154 valence electrons. The predicted molar refractivity (Wildman–Crippen MR) is 81.5 cm³/mol. The van der Waals surface area contributed by atoms with Crippen LogP contribution in [0.5, 0.6) is 0 Å². The van der Waals surface area contributed by atoms with Gasteiger partial charge in [-0.05, 0) is 0 Å². The van der Waals surface area contributed by atoms with Crippen LogP contribution in [0.3, 0.4) is 0 Å². The van der Waals surface area contributed by atoms with Crippen LogP contribution < -0.4 is 5.32 Å². The summed E-state index contributed by atoms with van der Waals surface area (Å²) in [6, 6.07) is 0. The van der Waals surface area contributed by atoms with E-state index >= 15 is 0 Å². The van der Waals surface area contributed by atoms with Crippen molar-refractivity contribution in [2.75, 3.05) is 26.4 Å². The fraction of sp³-hybridized carbons (Fsp3) is 1.00. The maximum Gasteiger partial charge on any atom is 0.187 e. The standard InChI is InChI=1S/C14H27NO11/c16-2-1-15-13-10(22)9(21)12(6(4-18)24-13)26-14-11(23)8(20)7(19)5(3-17)25-14/h5-23H,1-4H2/t5-,6-,7+,8+,9-,10-,11-,12-,13+,14+/m1/s1. The first-order chi connectivity index (χ1) is 12.3. The van der Waals surface area contributed by atoms with E-state index in [1.165, 1.54) is 0 Å². The van der Waals surface area contributed by atoms with Gasteiger partial charge in [0.15, 0.2) is 6.29 Å². The average molecular weight is 385 g/mol. The Morgan fingerprint density at radius 2 is 1.38 bits per heavy atom. The molecule has 2 fully saturated rings. The Morgan fingerprint density at radius 1 is 0.731 bits per heavy atom. The Balaban J connectivity index is 2.09. The highest BCUT2D eigenvalue weighted by molar-refractivity contribution is 4.95. The lowest BCUT2D eigenvalue weighted by atomic mass is 9.96. The zero-order chi connectivity index (χ0) is 19.4. The molecule has 12 heteroatoms. The van der Waals surface area contributed by atoms with Gasteiger partial charge in [-0.15, -0.1) is 0 Å². The Morgan fingerprint density at radius 3 is 1.96 bits per heavy atom. The molecule has 0 bridgehead atoms. The molecule has 2 heterocycles. The van der Waals surface area contributed by atoms with E-state index in [9.17, 15) is 35.7 Å². The SMILES string of the molecule is OCCN[C@H]1O[C@H](CO)[C@@H](O[C@@H]2O[C@H](CO)[C@H](O)[C@H](O)[C@H]2O)[C@H](O)[C@H]1O. The third kappa shape index (κ3) is 4.49. The number of aliphatic hydroxyl groups is 8. The summed E-state index contributed by atoms with van der Waals surface area (Å²) in [5.74, 6) is 0. The predicted octanol–water partition coefficient (Wildman–Crippen LogP) is -5.81. The fourth-order valence-electron chi connectivity index (χ4n) is 2.96. The van der Waals surface area contributed by atoms with E-state index in [0.717, 1.165) is 0 Å². The molecule has 0 aromatic carbocycles. The van der Waals surface area contributed by atoms with Crippen LogP contribution >= 0.6 is 0 Å². The molecule has 0 unspecified atom stereocenters. The molecule has 0 amide bonds. The molecule has 0 spiro atoms. The highest BCUT2D eigenvalue weighted by Gasteiger charge is 2.50. The molecule has 2 saturated heterocycles. The van der Waals surface area contributed by atoms with Crippen LogP contribution in [0, 0.1) is 0 Å². The van der Waals surface area contributed by atoms with Gasteiger partial charge in [-0.2, -0.15) is 0 Å². The number of ether oxygens (including phenoxy) is 3. The van der Waals surface area contributed by atoms with E-state index in [1.54, 1.807) is 0 Å². The molecule has 10 atom stereocenters. The van der Waals surface area contributed by atoms with Crippen molar-refractivity contribution in [3.05, 3.63) is 0 Å². The number of nitrogens with one attached hydrogen (secondary N) is 1. The van der Waals surface area contributed by atoms with E-state index < -0.39 is 74.6 Å². The lowest BCUT2D eigenvalue weighted by Gasteiger charge is -2.46. The van der Waals surface area contributed by atoms with Crippen molar-refractivity contribution >= 4 is 0 Å². The summed E-state index contributed by atoms with van der Waals surface area (Å²) in [5, 5.41) is 80.1. The van der Waals surface area contributed by atoms with E-state index in [1.807, 2.05) is 0 Å². The van der Waals surface area contributed by atoms with Crippen LogP contribution in [-0.4, -0.2) is 129 Å². The summed E-state index contributed by atoms with van der Waals surface area (Å²) >= 11 is 0.